The van der Waals surface area contributed by atoms with Gasteiger partial charge in [-0.05, 0) is 26.7 Å². The molecule has 0 fully saturated rings. The highest BCUT2D eigenvalue weighted by atomic mass is 16.6. The number of amides is 1. The van der Waals surface area contributed by atoms with Crippen molar-refractivity contribution in [3.8, 4) is 0 Å². The van der Waals surface area contributed by atoms with Gasteiger partial charge in [-0.25, -0.2) is 14.4 Å². The smallest absolute Gasteiger partial charge is 0.340 e. The van der Waals surface area contributed by atoms with E-state index in [2.05, 4.69) is 27.9 Å². The third-order valence-corrected chi connectivity index (χ3v) is 2.82. The van der Waals surface area contributed by atoms with E-state index in [9.17, 15) is 24.0 Å². The van der Waals surface area contributed by atoms with Gasteiger partial charge in [0.05, 0.1) is 0 Å². The minimum Gasteiger partial charge on any atom is -0.390 e. The Morgan fingerprint density at radius 3 is 2.00 bits per heavy atom. The summed E-state index contributed by atoms with van der Waals surface area (Å²) in [6.07, 6.45) is 3.62. The minimum atomic E-state index is -0.962. The quantitative estimate of drug-likeness (QED) is 0.270. The van der Waals surface area contributed by atoms with Gasteiger partial charge in [-0.3, -0.25) is 9.59 Å². The van der Waals surface area contributed by atoms with Crippen LogP contribution in [0.4, 0.5) is 0 Å². The normalized spacial score (nSPS) is 10.1. The van der Waals surface area contributed by atoms with Crippen LogP contribution in [0.1, 0.15) is 39.5 Å². The van der Waals surface area contributed by atoms with Crippen LogP contribution in [-0.2, 0) is 33.4 Å². The molecule has 0 aliphatic rings. The zero-order valence-corrected chi connectivity index (χ0v) is 15.0. The van der Waals surface area contributed by atoms with Crippen LogP contribution in [0.15, 0.2) is 36.5 Å². The maximum absolute atomic E-state index is 11.5. The van der Waals surface area contributed by atoms with E-state index in [0.29, 0.717) is 25.8 Å². The fourth-order valence-corrected chi connectivity index (χ4v) is 1.44. The summed E-state index contributed by atoms with van der Waals surface area (Å²) in [6, 6.07) is 0. The fourth-order valence-electron chi connectivity index (χ4n) is 1.44. The second-order valence-electron chi connectivity index (χ2n) is 5.47. The van der Waals surface area contributed by atoms with Crippen molar-refractivity contribution in [3.05, 3.63) is 36.5 Å². The van der Waals surface area contributed by atoms with Crippen molar-refractivity contribution in [2.75, 3.05) is 6.54 Å². The summed E-state index contributed by atoms with van der Waals surface area (Å²) < 4.78 is 8.89. The first-order chi connectivity index (χ1) is 12.1. The van der Waals surface area contributed by atoms with E-state index in [1.165, 1.54) is 13.8 Å². The van der Waals surface area contributed by atoms with Gasteiger partial charge in [-0.1, -0.05) is 19.6 Å². The molecule has 0 aromatic rings. The Morgan fingerprint density at radius 1 is 0.846 bits per heavy atom. The third-order valence-electron chi connectivity index (χ3n) is 2.82. The topological polar surface area (TPSA) is 116 Å². The largest absolute Gasteiger partial charge is 0.390 e. The van der Waals surface area contributed by atoms with Gasteiger partial charge in [0.2, 0.25) is 5.91 Å². The number of esters is 4. The highest BCUT2D eigenvalue weighted by molar-refractivity contribution is 6.01. The predicted octanol–water partition coefficient (Wildman–Crippen LogP) is 1.51. The molecule has 0 heterocycles. The number of nitrogens with one attached hydrogen (secondary N) is 1. The van der Waals surface area contributed by atoms with Gasteiger partial charge >= 0.3 is 23.9 Å². The lowest BCUT2D eigenvalue weighted by molar-refractivity contribution is -0.157. The third kappa shape index (κ3) is 11.5. The number of rotatable bonds is 10. The molecule has 0 saturated carbocycles. The standard InChI is InChI=1S/C18H23NO7/c1-12(2)17(23)25-15(21)8-6-5-7-11-19-14(20)9-10-16(22)26-18(24)13(3)4/h9-10H,1,3,5-8,11H2,2,4H3,(H,19,20)/b10-9-. The maximum atomic E-state index is 11.5. The van der Waals surface area contributed by atoms with Crippen LogP contribution < -0.4 is 5.32 Å². The lowest BCUT2D eigenvalue weighted by Gasteiger charge is -2.03. The summed E-state index contributed by atoms with van der Waals surface area (Å²) in [5, 5.41) is 2.53. The molecular weight excluding hydrogens is 342 g/mol. The van der Waals surface area contributed by atoms with Gasteiger partial charge in [0.15, 0.2) is 0 Å². The van der Waals surface area contributed by atoms with E-state index in [4.69, 9.17) is 0 Å². The molecule has 0 spiro atoms. The molecule has 26 heavy (non-hydrogen) atoms. The average Bonchev–Trinajstić information content (AvgIpc) is 2.55. The van der Waals surface area contributed by atoms with Crippen LogP contribution in [0.5, 0.6) is 0 Å². The van der Waals surface area contributed by atoms with Gasteiger partial charge in [-0.2, -0.15) is 0 Å². The van der Waals surface area contributed by atoms with Crippen LogP contribution in [0.25, 0.3) is 0 Å². The van der Waals surface area contributed by atoms with Gasteiger partial charge in [0.1, 0.15) is 0 Å². The van der Waals surface area contributed by atoms with Crippen LogP contribution in [0, 0.1) is 0 Å². The molecule has 0 saturated heterocycles. The number of unbranched alkanes of at least 4 members (excludes halogenated alkanes) is 2. The highest BCUT2D eigenvalue weighted by Crippen LogP contribution is 2.03. The van der Waals surface area contributed by atoms with Gasteiger partial charge in [0, 0.05) is 36.3 Å². The zero-order chi connectivity index (χ0) is 20.1. The van der Waals surface area contributed by atoms with Crippen molar-refractivity contribution in [2.24, 2.45) is 0 Å². The van der Waals surface area contributed by atoms with Crippen molar-refractivity contribution in [1.82, 2.24) is 5.32 Å². The summed E-state index contributed by atoms with van der Waals surface area (Å²) in [7, 11) is 0. The Kier molecular flexibility index (Phi) is 10.9. The fraction of sp³-hybridized carbons (Fsp3) is 0.389. The summed E-state index contributed by atoms with van der Waals surface area (Å²) >= 11 is 0. The molecule has 0 aromatic heterocycles. The Labute approximate surface area is 151 Å². The first-order valence-electron chi connectivity index (χ1n) is 7.91. The van der Waals surface area contributed by atoms with Gasteiger partial charge in [-0.15, -0.1) is 0 Å². The first kappa shape index (κ1) is 23.0. The molecular formula is C18H23NO7. The lowest BCUT2D eigenvalue weighted by Crippen LogP contribution is -2.22. The van der Waals surface area contributed by atoms with E-state index in [1.54, 1.807) is 0 Å². The summed E-state index contributed by atoms with van der Waals surface area (Å²) in [4.78, 5) is 56.2. The summed E-state index contributed by atoms with van der Waals surface area (Å²) in [5.74, 6) is -3.69. The molecule has 0 aliphatic carbocycles. The van der Waals surface area contributed by atoms with Crippen LogP contribution in [0.2, 0.25) is 0 Å². The molecule has 8 heteroatoms. The molecule has 0 aliphatic heterocycles. The molecule has 0 bridgehead atoms. The van der Waals surface area contributed by atoms with E-state index in [-0.39, 0.29) is 17.6 Å². The predicted molar refractivity (Wildman–Crippen MR) is 92.4 cm³/mol. The second kappa shape index (κ2) is 12.3. The van der Waals surface area contributed by atoms with Crippen LogP contribution in [0.3, 0.4) is 0 Å². The van der Waals surface area contributed by atoms with Crippen molar-refractivity contribution in [1.29, 1.82) is 0 Å². The number of carbonyl (C=O) groups is 5. The van der Waals surface area contributed by atoms with Gasteiger partial charge in [0.25, 0.3) is 0 Å². The maximum Gasteiger partial charge on any atom is 0.340 e. The van der Waals surface area contributed by atoms with Crippen molar-refractivity contribution >= 4 is 29.8 Å². The van der Waals surface area contributed by atoms with Crippen LogP contribution in [-0.4, -0.2) is 36.3 Å². The van der Waals surface area contributed by atoms with Crippen molar-refractivity contribution < 1.29 is 33.4 Å². The zero-order valence-electron chi connectivity index (χ0n) is 15.0. The average molecular weight is 365 g/mol. The Balaban J connectivity index is 3.84. The van der Waals surface area contributed by atoms with Crippen LogP contribution >= 0.6 is 0 Å². The number of hydrogen-bond acceptors (Lipinski definition) is 7. The lowest BCUT2D eigenvalue weighted by atomic mass is 10.2. The number of ether oxygens (including phenoxy) is 2. The molecule has 142 valence electrons. The Bertz CT molecular complexity index is 631. The molecule has 1 amide bonds. The summed E-state index contributed by atoms with van der Waals surface area (Å²) in [5.41, 5.74) is 0.228. The molecule has 0 unspecified atom stereocenters. The second-order valence-corrected chi connectivity index (χ2v) is 5.47. The molecule has 8 nitrogen and oxygen atoms in total. The molecule has 0 aromatic carbocycles. The van der Waals surface area contributed by atoms with E-state index in [0.717, 1.165) is 12.2 Å². The van der Waals surface area contributed by atoms with E-state index < -0.39 is 29.8 Å². The van der Waals surface area contributed by atoms with Crippen molar-refractivity contribution in [2.45, 2.75) is 39.5 Å². The van der Waals surface area contributed by atoms with Crippen molar-refractivity contribution in [3.63, 3.8) is 0 Å². The van der Waals surface area contributed by atoms with E-state index >= 15 is 0 Å². The molecule has 0 atom stereocenters. The summed E-state index contributed by atoms with van der Waals surface area (Å²) in [6.45, 7) is 9.87. The van der Waals surface area contributed by atoms with Gasteiger partial charge < -0.3 is 14.8 Å². The number of hydrogen-bond donors (Lipinski definition) is 1. The monoisotopic (exact) mass is 365 g/mol. The first-order valence-corrected chi connectivity index (χ1v) is 7.91. The Hall–Kier alpha value is -3.03. The SMILES string of the molecule is C=C(C)C(=O)OC(=O)/C=C\C(=O)NCCCCCC(=O)OC(=O)C(=C)C. The highest BCUT2D eigenvalue weighted by Gasteiger charge is 2.10. The minimum absolute atomic E-state index is 0.0732. The molecule has 0 radical (unpaired) electrons. The van der Waals surface area contributed by atoms with E-state index in [1.807, 2.05) is 0 Å². The molecule has 0 rings (SSSR count). The number of carbonyl (C=O) groups excluding carboxylic acids is 5. The molecule has 1 N–H and O–H groups in total. The Morgan fingerprint density at radius 2 is 1.42 bits per heavy atom.